The Bertz CT molecular complexity index is 541. The molecule has 0 unspecified atom stereocenters. The Hall–Kier alpha value is -1.33. The van der Waals surface area contributed by atoms with Crippen LogP contribution in [0.15, 0.2) is 40.1 Å². The van der Waals surface area contributed by atoms with Gasteiger partial charge in [0.2, 0.25) is 0 Å². The lowest BCUT2D eigenvalue weighted by Gasteiger charge is -2.09. The third kappa shape index (κ3) is 4.35. The first-order chi connectivity index (χ1) is 9.81. The number of carbonyl (C=O) groups excluding carboxylic acids is 1. The average Bonchev–Trinajstić information content (AvgIpc) is 2.99. The summed E-state index contributed by atoms with van der Waals surface area (Å²) in [5, 5.41) is 5.01. The molecule has 0 aliphatic heterocycles. The quantitative estimate of drug-likeness (QED) is 0.622. The van der Waals surface area contributed by atoms with Crippen LogP contribution in [-0.4, -0.2) is 17.4 Å². The molecule has 106 valence electrons. The summed E-state index contributed by atoms with van der Waals surface area (Å²) in [5.41, 5.74) is 3.64. The zero-order valence-electron chi connectivity index (χ0n) is 11.5. The molecule has 0 spiro atoms. The number of thioether (sulfide) groups is 1. The summed E-state index contributed by atoms with van der Waals surface area (Å²) in [6.07, 6.45) is 2.10. The van der Waals surface area contributed by atoms with Gasteiger partial charge in [0.25, 0.3) is 5.91 Å². The van der Waals surface area contributed by atoms with Crippen LogP contribution in [-0.2, 0) is 5.75 Å². The Morgan fingerprint density at radius 3 is 3.00 bits per heavy atom. The number of thiazole rings is 1. The van der Waals surface area contributed by atoms with Gasteiger partial charge < -0.3 is 5.32 Å². The minimum absolute atomic E-state index is 0.0137. The van der Waals surface area contributed by atoms with Crippen molar-refractivity contribution in [2.75, 3.05) is 6.54 Å². The highest BCUT2D eigenvalue weighted by molar-refractivity contribution is 7.98. The Labute approximate surface area is 127 Å². The van der Waals surface area contributed by atoms with Gasteiger partial charge in [-0.25, -0.2) is 4.98 Å². The normalized spacial score (nSPS) is 10.4. The van der Waals surface area contributed by atoms with Gasteiger partial charge in [0.15, 0.2) is 0 Å². The van der Waals surface area contributed by atoms with Gasteiger partial charge in [-0.3, -0.25) is 4.79 Å². The van der Waals surface area contributed by atoms with Crippen molar-refractivity contribution in [2.24, 2.45) is 0 Å². The molecule has 0 fully saturated rings. The molecule has 0 radical (unpaired) electrons. The van der Waals surface area contributed by atoms with Gasteiger partial charge in [0, 0.05) is 22.6 Å². The molecule has 3 nitrogen and oxygen atoms in total. The van der Waals surface area contributed by atoms with Crippen LogP contribution in [0, 0.1) is 0 Å². The molecule has 1 aromatic carbocycles. The number of hydrogen-bond donors (Lipinski definition) is 1. The minimum atomic E-state index is 0.0137. The minimum Gasteiger partial charge on any atom is -0.352 e. The molecule has 1 N–H and O–H groups in total. The maximum absolute atomic E-state index is 12.2. The van der Waals surface area contributed by atoms with Crippen LogP contribution >= 0.6 is 23.1 Å². The Morgan fingerprint density at radius 2 is 2.25 bits per heavy atom. The van der Waals surface area contributed by atoms with Gasteiger partial charge in [0.05, 0.1) is 16.8 Å². The van der Waals surface area contributed by atoms with Crippen molar-refractivity contribution in [2.45, 2.75) is 30.4 Å². The van der Waals surface area contributed by atoms with Crippen LogP contribution in [0.4, 0.5) is 0 Å². The van der Waals surface area contributed by atoms with E-state index >= 15 is 0 Å². The van der Waals surface area contributed by atoms with Crippen molar-refractivity contribution in [3.63, 3.8) is 0 Å². The van der Waals surface area contributed by atoms with E-state index in [0.717, 1.165) is 41.3 Å². The van der Waals surface area contributed by atoms with Crippen LogP contribution < -0.4 is 5.32 Å². The number of carbonyl (C=O) groups is 1. The largest absolute Gasteiger partial charge is 0.352 e. The lowest BCUT2D eigenvalue weighted by atomic mass is 10.2. The van der Waals surface area contributed by atoms with Crippen molar-refractivity contribution in [3.8, 4) is 0 Å². The van der Waals surface area contributed by atoms with Gasteiger partial charge in [-0.1, -0.05) is 25.5 Å². The number of nitrogens with one attached hydrogen (secondary N) is 1. The van der Waals surface area contributed by atoms with Gasteiger partial charge in [0.1, 0.15) is 0 Å². The molecule has 0 atom stereocenters. The second-order valence-electron chi connectivity index (χ2n) is 4.37. The molecule has 2 aromatic rings. The smallest absolute Gasteiger partial charge is 0.252 e. The zero-order chi connectivity index (χ0) is 14.2. The highest BCUT2D eigenvalue weighted by Gasteiger charge is 2.11. The predicted octanol–water partition coefficient (Wildman–Crippen LogP) is 3.97. The van der Waals surface area contributed by atoms with Crippen molar-refractivity contribution in [3.05, 3.63) is 46.4 Å². The lowest BCUT2D eigenvalue weighted by Crippen LogP contribution is -2.24. The maximum atomic E-state index is 12.2. The fourth-order valence-electron chi connectivity index (χ4n) is 1.71. The molecule has 20 heavy (non-hydrogen) atoms. The van der Waals surface area contributed by atoms with Crippen LogP contribution in [0.2, 0.25) is 0 Å². The summed E-state index contributed by atoms with van der Waals surface area (Å²) in [7, 11) is 0. The van der Waals surface area contributed by atoms with Crippen LogP contribution in [0.5, 0.6) is 0 Å². The van der Waals surface area contributed by atoms with Crippen molar-refractivity contribution in [1.29, 1.82) is 0 Å². The molecular formula is C15H18N2OS2. The molecule has 0 aliphatic rings. The van der Waals surface area contributed by atoms with E-state index in [1.54, 1.807) is 23.1 Å². The van der Waals surface area contributed by atoms with E-state index in [1.165, 1.54) is 0 Å². The Balaban J connectivity index is 1.99. The molecule has 0 saturated carbocycles. The molecule has 0 bridgehead atoms. The van der Waals surface area contributed by atoms with Gasteiger partial charge in [-0.05, 0) is 18.6 Å². The predicted molar refractivity (Wildman–Crippen MR) is 85.4 cm³/mol. The lowest BCUT2D eigenvalue weighted by molar-refractivity contribution is 0.0950. The highest BCUT2D eigenvalue weighted by Crippen LogP contribution is 2.26. The number of nitrogens with zero attached hydrogens (tertiary/aromatic N) is 1. The first kappa shape index (κ1) is 15.1. The van der Waals surface area contributed by atoms with E-state index in [4.69, 9.17) is 0 Å². The van der Waals surface area contributed by atoms with Crippen molar-refractivity contribution >= 4 is 29.0 Å². The van der Waals surface area contributed by atoms with E-state index < -0.39 is 0 Å². The zero-order valence-corrected chi connectivity index (χ0v) is 13.1. The molecule has 1 amide bonds. The van der Waals surface area contributed by atoms with Gasteiger partial charge >= 0.3 is 0 Å². The third-order valence-electron chi connectivity index (χ3n) is 2.81. The Kier molecular flexibility index (Phi) is 6.08. The average molecular weight is 306 g/mol. The fourth-order valence-corrected chi connectivity index (χ4v) is 3.33. The van der Waals surface area contributed by atoms with Crippen molar-refractivity contribution in [1.82, 2.24) is 10.3 Å². The number of unbranched alkanes of at least 4 members (excludes halogenated alkanes) is 1. The van der Waals surface area contributed by atoms with E-state index in [2.05, 4.69) is 17.2 Å². The number of rotatable bonds is 7. The fraction of sp³-hybridized carbons (Fsp3) is 0.333. The van der Waals surface area contributed by atoms with E-state index in [1.807, 2.05) is 35.2 Å². The first-order valence-electron chi connectivity index (χ1n) is 6.68. The second-order valence-corrected chi connectivity index (χ2v) is 6.11. The molecular weight excluding hydrogens is 288 g/mol. The SMILES string of the molecule is CCCCNC(=O)c1ccccc1SCc1cscn1. The van der Waals surface area contributed by atoms with Gasteiger partial charge in [-0.15, -0.1) is 23.1 Å². The maximum Gasteiger partial charge on any atom is 0.252 e. The summed E-state index contributed by atoms with van der Waals surface area (Å²) in [6, 6.07) is 7.74. The summed E-state index contributed by atoms with van der Waals surface area (Å²) in [6.45, 7) is 2.85. The van der Waals surface area contributed by atoms with Gasteiger partial charge in [-0.2, -0.15) is 0 Å². The number of aromatic nitrogens is 1. The molecule has 0 saturated heterocycles. The highest BCUT2D eigenvalue weighted by atomic mass is 32.2. The number of hydrogen-bond acceptors (Lipinski definition) is 4. The van der Waals surface area contributed by atoms with Crippen molar-refractivity contribution < 1.29 is 4.79 Å². The molecule has 1 aromatic heterocycles. The molecule has 5 heteroatoms. The van der Waals surface area contributed by atoms with Crippen LogP contribution in [0.3, 0.4) is 0 Å². The standard InChI is InChI=1S/C15H18N2OS2/c1-2-3-8-16-15(18)13-6-4-5-7-14(13)20-10-12-9-19-11-17-12/h4-7,9,11H,2-3,8,10H2,1H3,(H,16,18). The summed E-state index contributed by atoms with van der Waals surface area (Å²) in [4.78, 5) is 17.4. The molecule has 0 aliphatic carbocycles. The monoisotopic (exact) mass is 306 g/mol. The summed E-state index contributed by atoms with van der Waals surface area (Å²) in [5.74, 6) is 0.808. The first-order valence-corrected chi connectivity index (χ1v) is 8.61. The number of benzene rings is 1. The summed E-state index contributed by atoms with van der Waals surface area (Å²) < 4.78 is 0. The van der Waals surface area contributed by atoms with Crippen LogP contribution in [0.1, 0.15) is 35.8 Å². The summed E-state index contributed by atoms with van der Waals surface area (Å²) >= 11 is 3.25. The van der Waals surface area contributed by atoms with E-state index in [-0.39, 0.29) is 5.91 Å². The van der Waals surface area contributed by atoms with E-state index in [0.29, 0.717) is 0 Å². The third-order valence-corrected chi connectivity index (χ3v) is 4.55. The molecule has 2 rings (SSSR count). The Morgan fingerprint density at radius 1 is 1.40 bits per heavy atom. The van der Waals surface area contributed by atoms with Crippen LogP contribution in [0.25, 0.3) is 0 Å². The molecule has 1 heterocycles. The van der Waals surface area contributed by atoms with E-state index in [9.17, 15) is 4.79 Å². The topological polar surface area (TPSA) is 42.0 Å². The second kappa shape index (κ2) is 8.07. The number of amides is 1.